The van der Waals surface area contributed by atoms with Crippen LogP contribution in [0.4, 0.5) is 0 Å². The number of halogens is 1. The van der Waals surface area contributed by atoms with Gasteiger partial charge in [-0.1, -0.05) is 0 Å². The molecule has 0 aliphatic carbocycles. The zero-order valence-electron chi connectivity index (χ0n) is 15.6. The molecule has 1 saturated heterocycles. The molecule has 2 rings (SSSR count). The van der Waals surface area contributed by atoms with E-state index in [-0.39, 0.29) is 24.0 Å². The van der Waals surface area contributed by atoms with E-state index in [1.165, 1.54) is 9.75 Å². The van der Waals surface area contributed by atoms with Gasteiger partial charge in [0.2, 0.25) is 0 Å². The average Bonchev–Trinajstić information content (AvgIpc) is 3.01. The van der Waals surface area contributed by atoms with Crippen molar-refractivity contribution in [3.8, 4) is 0 Å². The molecule has 0 bridgehead atoms. The maximum Gasteiger partial charge on any atom is 0.194 e. The van der Waals surface area contributed by atoms with Gasteiger partial charge in [-0.2, -0.15) is 0 Å². The first-order valence-corrected chi connectivity index (χ1v) is 9.73. The Hall–Kier alpha value is -0.380. The predicted octanol–water partition coefficient (Wildman–Crippen LogP) is 3.66. The zero-order chi connectivity index (χ0) is 17.2. The maximum atomic E-state index is 5.94. The molecule has 2 heterocycles. The van der Waals surface area contributed by atoms with Gasteiger partial charge >= 0.3 is 0 Å². The lowest BCUT2D eigenvalue weighted by atomic mass is 10.1. The van der Waals surface area contributed by atoms with Crippen molar-refractivity contribution in [3.63, 3.8) is 0 Å². The van der Waals surface area contributed by atoms with Gasteiger partial charge in [0.25, 0.3) is 0 Å². The minimum absolute atomic E-state index is 0. The van der Waals surface area contributed by atoms with Gasteiger partial charge in [-0.05, 0) is 45.2 Å². The minimum Gasteiger partial charge on any atom is -0.385 e. The minimum atomic E-state index is 0. The van der Waals surface area contributed by atoms with E-state index < -0.39 is 0 Å². The largest absolute Gasteiger partial charge is 0.385 e. The highest BCUT2D eigenvalue weighted by Gasteiger charge is 2.21. The molecule has 0 amide bonds. The predicted molar refractivity (Wildman–Crippen MR) is 116 cm³/mol. The number of aliphatic imine (C=N–C) groups is 1. The van der Waals surface area contributed by atoms with Crippen LogP contribution in [0.2, 0.25) is 0 Å². The Bertz CT molecular complexity index is 502. The first-order chi connectivity index (χ1) is 11.7. The fourth-order valence-electron chi connectivity index (χ4n) is 2.84. The number of nitrogens with one attached hydrogen (secondary N) is 1. The monoisotopic (exact) mass is 481 g/mol. The Morgan fingerprint density at radius 3 is 2.68 bits per heavy atom. The summed E-state index contributed by atoms with van der Waals surface area (Å²) in [5.74, 6) is 1.03. The van der Waals surface area contributed by atoms with Crippen molar-refractivity contribution < 1.29 is 9.47 Å². The number of hydrogen-bond acceptors (Lipinski definition) is 4. The van der Waals surface area contributed by atoms with Crippen LogP contribution in [-0.4, -0.2) is 56.9 Å². The molecule has 25 heavy (non-hydrogen) atoms. The van der Waals surface area contributed by atoms with E-state index in [0.29, 0.717) is 6.10 Å². The Balaban J connectivity index is 0.00000312. The van der Waals surface area contributed by atoms with E-state index in [9.17, 15) is 0 Å². The van der Waals surface area contributed by atoms with E-state index in [2.05, 4.69) is 36.2 Å². The third-order valence-electron chi connectivity index (χ3n) is 4.10. The van der Waals surface area contributed by atoms with Crippen LogP contribution in [0.15, 0.2) is 17.1 Å². The fraction of sp³-hybridized carbons (Fsp3) is 0.722. The first-order valence-electron chi connectivity index (χ1n) is 8.92. The molecule has 1 aliphatic heterocycles. The average molecular weight is 481 g/mol. The van der Waals surface area contributed by atoms with Crippen LogP contribution < -0.4 is 5.32 Å². The number of ether oxygens (including phenoxy) is 2. The quantitative estimate of drug-likeness (QED) is 0.267. The second kappa shape index (κ2) is 12.9. The number of nitrogens with zero attached hydrogens (tertiary/aromatic N) is 2. The zero-order valence-corrected chi connectivity index (χ0v) is 18.8. The number of hydrogen-bond donors (Lipinski definition) is 1. The molecule has 0 radical (unpaired) electrons. The normalized spacial score (nSPS) is 16.0. The van der Waals surface area contributed by atoms with Gasteiger partial charge in [0.15, 0.2) is 5.96 Å². The summed E-state index contributed by atoms with van der Waals surface area (Å²) >= 11 is 1.82. The molecule has 0 saturated carbocycles. The third-order valence-corrected chi connectivity index (χ3v) is 5.09. The van der Waals surface area contributed by atoms with Crippen molar-refractivity contribution in [2.75, 3.05) is 40.0 Å². The van der Waals surface area contributed by atoms with Crippen molar-refractivity contribution in [1.82, 2.24) is 10.2 Å². The van der Waals surface area contributed by atoms with Crippen LogP contribution in [0.5, 0.6) is 0 Å². The number of guanidine groups is 1. The Kier molecular flexibility index (Phi) is 11.7. The summed E-state index contributed by atoms with van der Waals surface area (Å²) in [4.78, 5) is 9.84. The number of aryl methyl sites for hydroxylation is 1. The van der Waals surface area contributed by atoms with Crippen LogP contribution in [0, 0.1) is 6.92 Å². The summed E-state index contributed by atoms with van der Waals surface area (Å²) in [6.07, 6.45) is 3.48. The number of likely N-dealkylation sites (tertiary alicyclic amines) is 1. The highest BCUT2D eigenvalue weighted by Crippen LogP contribution is 2.17. The van der Waals surface area contributed by atoms with Crippen LogP contribution in [0.3, 0.4) is 0 Å². The molecule has 0 spiro atoms. The number of rotatable bonds is 8. The molecule has 1 aromatic heterocycles. The lowest BCUT2D eigenvalue weighted by Gasteiger charge is -2.34. The summed E-state index contributed by atoms with van der Waals surface area (Å²) in [7, 11) is 1.73. The molecular weight excluding hydrogens is 449 g/mol. The molecule has 1 aromatic rings. The smallest absolute Gasteiger partial charge is 0.194 e. The van der Waals surface area contributed by atoms with Crippen molar-refractivity contribution in [3.05, 3.63) is 21.9 Å². The molecule has 5 nitrogen and oxygen atoms in total. The van der Waals surface area contributed by atoms with Gasteiger partial charge in [-0.3, -0.25) is 0 Å². The second-order valence-electron chi connectivity index (χ2n) is 6.09. The Morgan fingerprint density at radius 1 is 1.32 bits per heavy atom. The summed E-state index contributed by atoms with van der Waals surface area (Å²) < 4.78 is 11.0. The van der Waals surface area contributed by atoms with Gasteiger partial charge in [0.05, 0.1) is 12.6 Å². The maximum absolute atomic E-state index is 5.94. The summed E-state index contributed by atoms with van der Waals surface area (Å²) in [6, 6.07) is 4.34. The standard InChI is InChI=1S/C18H31N3O2S.HI/c1-4-19-18(20-14-17-7-6-15(2)24-17)21-10-8-16(9-11-21)23-13-5-12-22-3;/h6-7,16H,4-5,8-14H2,1-3H3,(H,19,20);1H. The van der Waals surface area contributed by atoms with E-state index in [1.807, 2.05) is 11.3 Å². The molecule has 1 N–H and O–H groups in total. The van der Waals surface area contributed by atoms with Gasteiger partial charge in [0.1, 0.15) is 0 Å². The van der Waals surface area contributed by atoms with E-state index in [4.69, 9.17) is 14.5 Å². The Labute approximate surface area is 173 Å². The van der Waals surface area contributed by atoms with Crippen molar-refractivity contribution in [2.24, 2.45) is 4.99 Å². The fourth-order valence-corrected chi connectivity index (χ4v) is 3.65. The van der Waals surface area contributed by atoms with Gasteiger partial charge in [-0.15, -0.1) is 35.3 Å². The van der Waals surface area contributed by atoms with Gasteiger partial charge in [0, 0.05) is 49.7 Å². The molecule has 1 aliphatic rings. The summed E-state index contributed by atoms with van der Waals surface area (Å²) in [5, 5.41) is 3.43. The molecule has 0 aromatic carbocycles. The second-order valence-corrected chi connectivity index (χ2v) is 7.46. The van der Waals surface area contributed by atoms with Crippen LogP contribution in [-0.2, 0) is 16.0 Å². The Morgan fingerprint density at radius 2 is 2.08 bits per heavy atom. The van der Waals surface area contributed by atoms with Crippen LogP contribution >= 0.6 is 35.3 Å². The van der Waals surface area contributed by atoms with E-state index in [1.54, 1.807) is 7.11 Å². The highest BCUT2D eigenvalue weighted by molar-refractivity contribution is 14.0. The van der Waals surface area contributed by atoms with Crippen molar-refractivity contribution in [2.45, 2.75) is 45.8 Å². The molecule has 0 unspecified atom stereocenters. The molecule has 7 heteroatoms. The number of methoxy groups -OCH3 is 1. The first kappa shape index (κ1) is 22.7. The number of thiophene rings is 1. The van der Waals surface area contributed by atoms with Gasteiger partial charge < -0.3 is 19.7 Å². The molecule has 1 fully saturated rings. The molecule has 0 atom stereocenters. The van der Waals surface area contributed by atoms with Crippen molar-refractivity contribution >= 4 is 41.3 Å². The van der Waals surface area contributed by atoms with Crippen LogP contribution in [0.1, 0.15) is 35.9 Å². The van der Waals surface area contributed by atoms with Crippen molar-refractivity contribution in [1.29, 1.82) is 0 Å². The highest BCUT2D eigenvalue weighted by atomic mass is 127. The lowest BCUT2D eigenvalue weighted by molar-refractivity contribution is 0.00990. The van der Waals surface area contributed by atoms with E-state index in [0.717, 1.165) is 64.6 Å². The van der Waals surface area contributed by atoms with Crippen LogP contribution in [0.25, 0.3) is 0 Å². The van der Waals surface area contributed by atoms with Gasteiger partial charge in [-0.25, -0.2) is 4.99 Å². The van der Waals surface area contributed by atoms with E-state index >= 15 is 0 Å². The summed E-state index contributed by atoms with van der Waals surface area (Å²) in [5.41, 5.74) is 0. The number of piperidine rings is 1. The summed E-state index contributed by atoms with van der Waals surface area (Å²) in [6.45, 7) is 9.50. The third kappa shape index (κ3) is 8.23. The SMILES string of the molecule is CCNC(=NCc1ccc(C)s1)N1CCC(OCCCOC)CC1.I. The molecule has 144 valence electrons. The molecular formula is C18H32IN3O2S. The topological polar surface area (TPSA) is 46.1 Å². The lowest BCUT2D eigenvalue weighted by Crippen LogP contribution is -2.47.